The average molecular weight is 225 g/mol. The number of nitrogens with one attached hydrogen (secondary N) is 1. The Morgan fingerprint density at radius 1 is 1.25 bits per heavy atom. The fourth-order valence-electron chi connectivity index (χ4n) is 1.71. The van der Waals surface area contributed by atoms with Gasteiger partial charge in [-0.05, 0) is 24.6 Å². The Bertz CT molecular complexity index is 279. The first-order valence-corrected chi connectivity index (χ1v) is 6.07. The van der Waals surface area contributed by atoms with E-state index in [9.17, 15) is 0 Å². The molecule has 1 rings (SSSR count). The van der Waals surface area contributed by atoms with Crippen LogP contribution < -0.4 is 5.32 Å². The van der Waals surface area contributed by atoms with Crippen molar-refractivity contribution in [3.8, 4) is 0 Å². The Morgan fingerprint density at radius 3 is 2.56 bits per heavy atom. The first-order chi connectivity index (χ1) is 7.80. The standard InChI is InChI=1S/C13H23NO2/c1-4-11(5-2)8-14-9-12-6-7-13(16-12)10-15-3/h6-7,11,14H,4-5,8-10H2,1-3H3. The molecule has 0 radical (unpaired) electrons. The lowest BCUT2D eigenvalue weighted by atomic mass is 10.0. The van der Waals surface area contributed by atoms with Crippen LogP contribution >= 0.6 is 0 Å². The summed E-state index contributed by atoms with van der Waals surface area (Å²) in [6, 6.07) is 3.98. The highest BCUT2D eigenvalue weighted by Crippen LogP contribution is 2.09. The minimum atomic E-state index is 0.548. The molecule has 16 heavy (non-hydrogen) atoms. The van der Waals surface area contributed by atoms with Crippen LogP contribution in [-0.2, 0) is 17.9 Å². The largest absolute Gasteiger partial charge is 0.462 e. The van der Waals surface area contributed by atoms with E-state index in [2.05, 4.69) is 19.2 Å². The van der Waals surface area contributed by atoms with Gasteiger partial charge in [-0.25, -0.2) is 0 Å². The summed E-state index contributed by atoms with van der Waals surface area (Å²) in [5.41, 5.74) is 0. The quantitative estimate of drug-likeness (QED) is 0.738. The Morgan fingerprint density at radius 2 is 1.94 bits per heavy atom. The molecule has 0 saturated heterocycles. The first kappa shape index (κ1) is 13.3. The fourth-order valence-corrected chi connectivity index (χ4v) is 1.71. The van der Waals surface area contributed by atoms with E-state index in [-0.39, 0.29) is 0 Å². The fraction of sp³-hybridized carbons (Fsp3) is 0.692. The topological polar surface area (TPSA) is 34.4 Å². The predicted molar refractivity (Wildman–Crippen MR) is 65.2 cm³/mol. The van der Waals surface area contributed by atoms with Gasteiger partial charge < -0.3 is 14.5 Å². The average Bonchev–Trinajstić information content (AvgIpc) is 2.73. The van der Waals surface area contributed by atoms with E-state index in [1.807, 2.05) is 12.1 Å². The summed E-state index contributed by atoms with van der Waals surface area (Å²) in [6.45, 7) is 6.89. The van der Waals surface area contributed by atoms with Crippen LogP contribution in [0.25, 0.3) is 0 Å². The second-order valence-electron chi connectivity index (χ2n) is 4.11. The molecule has 0 aliphatic rings. The highest BCUT2D eigenvalue weighted by Gasteiger charge is 2.04. The van der Waals surface area contributed by atoms with Crippen molar-refractivity contribution in [2.75, 3.05) is 13.7 Å². The summed E-state index contributed by atoms with van der Waals surface area (Å²) in [7, 11) is 1.67. The predicted octanol–water partition coefficient (Wildman–Crippen LogP) is 2.95. The number of hydrogen-bond acceptors (Lipinski definition) is 3. The zero-order valence-corrected chi connectivity index (χ0v) is 10.6. The maximum absolute atomic E-state index is 5.59. The molecule has 0 spiro atoms. The molecule has 1 N–H and O–H groups in total. The number of ether oxygens (including phenoxy) is 1. The van der Waals surface area contributed by atoms with Crippen molar-refractivity contribution in [1.82, 2.24) is 5.32 Å². The third-order valence-corrected chi connectivity index (χ3v) is 2.89. The van der Waals surface area contributed by atoms with Gasteiger partial charge in [-0.1, -0.05) is 26.7 Å². The van der Waals surface area contributed by atoms with Crippen LogP contribution in [0.4, 0.5) is 0 Å². The Labute approximate surface area is 98.2 Å². The lowest BCUT2D eigenvalue weighted by Gasteiger charge is -2.12. The molecule has 0 aliphatic carbocycles. The minimum absolute atomic E-state index is 0.548. The van der Waals surface area contributed by atoms with Gasteiger partial charge in [0.1, 0.15) is 18.1 Å². The SMILES string of the molecule is CCC(CC)CNCc1ccc(COC)o1. The second kappa shape index (κ2) is 7.47. The van der Waals surface area contributed by atoms with E-state index in [4.69, 9.17) is 9.15 Å². The molecule has 0 fully saturated rings. The summed E-state index contributed by atoms with van der Waals surface area (Å²) in [5.74, 6) is 2.65. The van der Waals surface area contributed by atoms with Crippen molar-refractivity contribution in [2.24, 2.45) is 5.92 Å². The molecule has 1 aromatic heterocycles. The summed E-state index contributed by atoms with van der Waals surface area (Å²) in [6.07, 6.45) is 2.47. The third kappa shape index (κ3) is 4.37. The van der Waals surface area contributed by atoms with E-state index < -0.39 is 0 Å². The van der Waals surface area contributed by atoms with Gasteiger partial charge >= 0.3 is 0 Å². The molecule has 0 amide bonds. The van der Waals surface area contributed by atoms with Crippen molar-refractivity contribution in [2.45, 2.75) is 39.8 Å². The summed E-state index contributed by atoms with van der Waals surface area (Å²) in [5, 5.41) is 3.42. The molecule has 0 saturated carbocycles. The van der Waals surface area contributed by atoms with Crippen LogP contribution in [0.5, 0.6) is 0 Å². The Kier molecular flexibility index (Phi) is 6.19. The monoisotopic (exact) mass is 225 g/mol. The summed E-state index contributed by atoms with van der Waals surface area (Å²) >= 11 is 0. The second-order valence-corrected chi connectivity index (χ2v) is 4.11. The van der Waals surface area contributed by atoms with E-state index in [0.29, 0.717) is 6.61 Å². The summed E-state index contributed by atoms with van der Waals surface area (Å²) in [4.78, 5) is 0. The molecule has 0 bridgehead atoms. The molecular formula is C13H23NO2. The summed E-state index contributed by atoms with van der Waals surface area (Å²) < 4.78 is 10.6. The van der Waals surface area contributed by atoms with Crippen molar-refractivity contribution >= 4 is 0 Å². The molecule has 0 aromatic carbocycles. The molecule has 3 nitrogen and oxygen atoms in total. The molecule has 1 heterocycles. The smallest absolute Gasteiger partial charge is 0.129 e. The van der Waals surface area contributed by atoms with Gasteiger partial charge in [-0.2, -0.15) is 0 Å². The maximum atomic E-state index is 5.59. The highest BCUT2D eigenvalue weighted by molar-refractivity contribution is 5.06. The number of furan rings is 1. The maximum Gasteiger partial charge on any atom is 0.129 e. The number of rotatable bonds is 8. The van der Waals surface area contributed by atoms with Crippen molar-refractivity contribution < 1.29 is 9.15 Å². The third-order valence-electron chi connectivity index (χ3n) is 2.89. The van der Waals surface area contributed by atoms with E-state index in [0.717, 1.165) is 30.5 Å². The van der Waals surface area contributed by atoms with Crippen molar-refractivity contribution in [3.05, 3.63) is 23.7 Å². The van der Waals surface area contributed by atoms with Crippen LogP contribution in [0.1, 0.15) is 38.2 Å². The van der Waals surface area contributed by atoms with Crippen LogP contribution in [0.2, 0.25) is 0 Å². The lowest BCUT2D eigenvalue weighted by Crippen LogP contribution is -2.21. The van der Waals surface area contributed by atoms with Crippen molar-refractivity contribution in [3.63, 3.8) is 0 Å². The van der Waals surface area contributed by atoms with Crippen LogP contribution in [-0.4, -0.2) is 13.7 Å². The van der Waals surface area contributed by atoms with Gasteiger partial charge in [0.15, 0.2) is 0 Å². The Hall–Kier alpha value is -0.800. The van der Waals surface area contributed by atoms with Gasteiger partial charge in [0.05, 0.1) is 6.54 Å². The highest BCUT2D eigenvalue weighted by atomic mass is 16.5. The molecule has 0 aliphatic heterocycles. The van der Waals surface area contributed by atoms with Gasteiger partial charge in [0.25, 0.3) is 0 Å². The molecule has 3 heteroatoms. The molecule has 0 atom stereocenters. The molecule has 92 valence electrons. The zero-order valence-electron chi connectivity index (χ0n) is 10.6. The van der Waals surface area contributed by atoms with Gasteiger partial charge in [-0.15, -0.1) is 0 Å². The van der Waals surface area contributed by atoms with E-state index in [1.165, 1.54) is 12.8 Å². The zero-order chi connectivity index (χ0) is 11.8. The lowest BCUT2D eigenvalue weighted by molar-refractivity contribution is 0.162. The first-order valence-electron chi connectivity index (χ1n) is 6.07. The minimum Gasteiger partial charge on any atom is -0.462 e. The van der Waals surface area contributed by atoms with E-state index >= 15 is 0 Å². The molecule has 1 aromatic rings. The van der Waals surface area contributed by atoms with Crippen LogP contribution in [0.15, 0.2) is 16.5 Å². The van der Waals surface area contributed by atoms with Crippen LogP contribution in [0.3, 0.4) is 0 Å². The number of hydrogen-bond donors (Lipinski definition) is 1. The Balaban J connectivity index is 2.25. The number of methoxy groups -OCH3 is 1. The normalized spacial score (nSPS) is 11.2. The van der Waals surface area contributed by atoms with E-state index in [1.54, 1.807) is 7.11 Å². The van der Waals surface area contributed by atoms with Gasteiger partial charge in [-0.3, -0.25) is 0 Å². The van der Waals surface area contributed by atoms with Gasteiger partial charge in [0.2, 0.25) is 0 Å². The van der Waals surface area contributed by atoms with Crippen LogP contribution in [0, 0.1) is 5.92 Å². The molecule has 0 unspecified atom stereocenters. The van der Waals surface area contributed by atoms with Crippen molar-refractivity contribution in [1.29, 1.82) is 0 Å². The molecular weight excluding hydrogens is 202 g/mol. The van der Waals surface area contributed by atoms with Gasteiger partial charge in [0, 0.05) is 7.11 Å².